The quantitative estimate of drug-likeness (QED) is 0.149. The molecule has 0 radical (unpaired) electrons. The molecule has 4 nitrogen and oxygen atoms in total. The molecular weight excluding hydrogens is 1100 g/mol. The van der Waals surface area contributed by atoms with E-state index in [2.05, 4.69) is 268 Å². The summed E-state index contributed by atoms with van der Waals surface area (Å²) in [6.45, 7) is 28.0. The zero-order valence-electron chi connectivity index (χ0n) is 55.8. The second kappa shape index (κ2) is 21.1. The van der Waals surface area contributed by atoms with Gasteiger partial charge in [0.05, 0.1) is 22.4 Å². The second-order valence-electron chi connectivity index (χ2n) is 31.9. The Bertz CT molecular complexity index is 4550. The Labute approximate surface area is 540 Å². The van der Waals surface area contributed by atoms with E-state index in [0.717, 1.165) is 33.9 Å². The highest BCUT2D eigenvalue weighted by atomic mass is 15.0. The number of aromatic nitrogens is 4. The minimum absolute atomic E-state index is 0.0101. The molecule has 0 saturated heterocycles. The van der Waals surface area contributed by atoms with Crippen LogP contribution in [0.2, 0.25) is 0 Å². The van der Waals surface area contributed by atoms with Crippen LogP contribution in [-0.2, 0) is 21.7 Å². The average Bonchev–Trinajstić information content (AvgIpc) is 1.56. The van der Waals surface area contributed by atoms with Gasteiger partial charge in [-0.2, -0.15) is 0 Å². The van der Waals surface area contributed by atoms with Crippen molar-refractivity contribution in [3.05, 3.63) is 209 Å². The van der Waals surface area contributed by atoms with Crippen LogP contribution in [0.4, 0.5) is 0 Å². The van der Waals surface area contributed by atoms with Gasteiger partial charge in [-0.25, -0.2) is 9.97 Å². The van der Waals surface area contributed by atoms with Gasteiger partial charge in [0, 0.05) is 60.6 Å². The summed E-state index contributed by atoms with van der Waals surface area (Å²) in [6, 6.07) is 69.2. The Morgan fingerprint density at radius 1 is 0.352 bits per heavy atom. The van der Waals surface area contributed by atoms with E-state index in [4.69, 9.17) is 9.97 Å². The summed E-state index contributed by atoms with van der Waals surface area (Å²) in [5.41, 5.74) is 29.9. The predicted molar refractivity (Wildman–Crippen MR) is 389 cm³/mol. The van der Waals surface area contributed by atoms with Crippen LogP contribution < -0.4 is 16.4 Å². The molecule has 2 saturated carbocycles. The van der Waals surface area contributed by atoms with Gasteiger partial charge in [-0.15, -0.1) is 0 Å². The largest absolute Gasteiger partial charge is 0.310 e. The van der Waals surface area contributed by atoms with E-state index in [1.165, 1.54) is 191 Å². The topological polar surface area (TPSA) is 35.6 Å². The highest BCUT2D eigenvalue weighted by Gasteiger charge is 2.43. The summed E-state index contributed by atoms with van der Waals surface area (Å²) < 4.78 is 5.46. The third-order valence-corrected chi connectivity index (χ3v) is 21.7. The average molecular weight is 1190 g/mol. The molecule has 5 heteroatoms. The van der Waals surface area contributed by atoms with E-state index in [-0.39, 0.29) is 28.4 Å². The minimum Gasteiger partial charge on any atom is -0.310 e. The SMILES string of the molecule is CC(C)(C)c1cc(-c2cc(-c3cc4c5c(c3)-n3c6ccc(-c7ccccc7)cc6c6c(C7CCCCC7)ccc(c63)B5c3ccc(C5CCCCC5)c5c6cc(-c7ccccc7)ccc6n-4c35)nc(-c3cc(C(C)(C)C)cc(C(C)(C)C)c3)n2)cc(C(C)(C)C)c1. The van der Waals surface area contributed by atoms with Gasteiger partial charge in [-0.3, -0.25) is 0 Å². The van der Waals surface area contributed by atoms with Crippen LogP contribution in [-0.4, -0.2) is 25.8 Å². The first-order valence-electron chi connectivity index (χ1n) is 34.4. The predicted octanol–water partition coefficient (Wildman–Crippen LogP) is 21.4. The summed E-state index contributed by atoms with van der Waals surface area (Å²) in [5, 5.41) is 5.58. The van der Waals surface area contributed by atoms with Gasteiger partial charge in [0.1, 0.15) is 0 Å². The fourth-order valence-corrected chi connectivity index (χ4v) is 16.5. The number of nitrogens with zero attached hydrogens (tertiary/aromatic N) is 4. The van der Waals surface area contributed by atoms with Crippen LogP contribution in [0, 0.1) is 0 Å². The van der Waals surface area contributed by atoms with Gasteiger partial charge < -0.3 is 9.13 Å². The first-order valence-corrected chi connectivity index (χ1v) is 34.4. The van der Waals surface area contributed by atoms with E-state index >= 15 is 0 Å². The summed E-state index contributed by atoms with van der Waals surface area (Å²) >= 11 is 0. The Hall–Kier alpha value is -8.28. The van der Waals surface area contributed by atoms with Crippen molar-refractivity contribution in [2.24, 2.45) is 0 Å². The molecule has 5 heterocycles. The van der Waals surface area contributed by atoms with E-state index in [9.17, 15) is 0 Å². The summed E-state index contributed by atoms with van der Waals surface area (Å²) in [7, 11) is 0. The van der Waals surface area contributed by atoms with E-state index < -0.39 is 0 Å². The van der Waals surface area contributed by atoms with Crippen molar-refractivity contribution in [2.75, 3.05) is 0 Å². The standard InChI is InChI=1S/C86H87BN4/c1-83(2,3)61-41-58(42-62(49-61)84(4,5)6)71-51-72(89-82(88-71)60-43-63(85(7,8)9)50-64(44-60)86(10,11)12)59-47-75-79-76(48-59)91-74-40-34-57(53-27-19-14-20-28-53)46-68(74)78-66(55-31-23-16-24-32-55)36-38-70(81(78)91)87(79)69-37-35-65(54-29-21-15-22-30-54)77-67-45-56(52-25-17-13-18-26-52)33-39-73(67)90(75)80(69)77/h13-14,17-20,25-28,33-51,54-55H,15-16,21-24,29-32H2,1-12H3. The molecule has 0 N–H and O–H groups in total. The normalized spacial score (nSPS) is 15.6. The Morgan fingerprint density at radius 2 is 0.736 bits per heavy atom. The van der Waals surface area contributed by atoms with Gasteiger partial charge >= 0.3 is 0 Å². The maximum Gasteiger partial charge on any atom is 0.252 e. The van der Waals surface area contributed by atoms with E-state index in [1.807, 2.05) is 0 Å². The maximum atomic E-state index is 5.95. The van der Waals surface area contributed by atoms with Crippen LogP contribution >= 0.6 is 0 Å². The highest BCUT2D eigenvalue weighted by molar-refractivity contribution is 7.00. The summed E-state index contributed by atoms with van der Waals surface area (Å²) in [5.74, 6) is 1.76. The summed E-state index contributed by atoms with van der Waals surface area (Å²) in [4.78, 5) is 11.7. The molecule has 2 aliphatic carbocycles. The van der Waals surface area contributed by atoms with Gasteiger partial charge in [-0.1, -0.05) is 231 Å². The molecule has 3 aromatic heterocycles. The first kappa shape index (κ1) is 57.9. The van der Waals surface area contributed by atoms with Crippen LogP contribution in [0.1, 0.15) is 193 Å². The molecule has 4 aliphatic rings. The Kier molecular flexibility index (Phi) is 13.4. The zero-order valence-corrected chi connectivity index (χ0v) is 55.8. The smallest absolute Gasteiger partial charge is 0.252 e. The lowest BCUT2D eigenvalue weighted by molar-refractivity contribution is 0.445. The molecule has 0 amide bonds. The van der Waals surface area contributed by atoms with Crippen LogP contribution in [0.25, 0.3) is 111 Å². The highest BCUT2D eigenvalue weighted by Crippen LogP contribution is 2.49. The summed E-state index contributed by atoms with van der Waals surface area (Å²) in [6.07, 6.45) is 12.7. The maximum absolute atomic E-state index is 5.95. The van der Waals surface area contributed by atoms with Crippen molar-refractivity contribution in [1.82, 2.24) is 19.1 Å². The Balaban J connectivity index is 1.06. The van der Waals surface area contributed by atoms with Gasteiger partial charge in [0.2, 0.25) is 0 Å². The lowest BCUT2D eigenvalue weighted by atomic mass is 9.34. The van der Waals surface area contributed by atoms with Crippen molar-refractivity contribution in [3.63, 3.8) is 0 Å². The number of fused-ring (bicyclic) bond motifs is 10. The monoisotopic (exact) mass is 1190 g/mol. The number of benzene rings is 9. The first-order chi connectivity index (χ1) is 43.6. The fraction of sp³-hybridized carbons (Fsp3) is 0.326. The third-order valence-electron chi connectivity index (χ3n) is 21.7. The third kappa shape index (κ3) is 9.67. The van der Waals surface area contributed by atoms with Crippen molar-refractivity contribution < 1.29 is 0 Å². The molecule has 16 rings (SSSR count). The van der Waals surface area contributed by atoms with Crippen molar-refractivity contribution in [3.8, 4) is 67.5 Å². The molecule has 0 bridgehead atoms. The van der Waals surface area contributed by atoms with Crippen molar-refractivity contribution >= 4 is 66.7 Å². The van der Waals surface area contributed by atoms with Gasteiger partial charge in [-0.05, 0) is 198 Å². The molecule has 91 heavy (non-hydrogen) atoms. The fourth-order valence-electron chi connectivity index (χ4n) is 16.5. The molecule has 0 unspecified atom stereocenters. The minimum atomic E-state index is -0.101. The molecular formula is C86H87BN4. The number of rotatable bonds is 7. The van der Waals surface area contributed by atoms with Gasteiger partial charge in [0.25, 0.3) is 6.71 Å². The molecule has 0 atom stereocenters. The Morgan fingerprint density at radius 3 is 1.13 bits per heavy atom. The van der Waals surface area contributed by atoms with Crippen molar-refractivity contribution in [2.45, 2.75) is 181 Å². The molecule has 2 fully saturated rings. The van der Waals surface area contributed by atoms with Crippen LogP contribution in [0.15, 0.2) is 176 Å². The molecule has 0 spiro atoms. The molecule has 9 aromatic carbocycles. The second-order valence-corrected chi connectivity index (χ2v) is 31.9. The van der Waals surface area contributed by atoms with Crippen LogP contribution in [0.3, 0.4) is 0 Å². The molecule has 2 aliphatic heterocycles. The number of hydrogen-bond acceptors (Lipinski definition) is 2. The van der Waals surface area contributed by atoms with E-state index in [0.29, 0.717) is 11.8 Å². The lowest BCUT2D eigenvalue weighted by Gasteiger charge is -2.35. The molecule has 12 aromatic rings. The lowest BCUT2D eigenvalue weighted by Crippen LogP contribution is -2.59. The van der Waals surface area contributed by atoms with Crippen molar-refractivity contribution in [1.29, 1.82) is 0 Å². The van der Waals surface area contributed by atoms with Gasteiger partial charge in [0.15, 0.2) is 5.82 Å². The number of hydrogen-bond donors (Lipinski definition) is 0. The zero-order chi connectivity index (χ0) is 62.6. The molecule has 454 valence electrons. The van der Waals surface area contributed by atoms with Crippen LogP contribution in [0.5, 0.6) is 0 Å². The van der Waals surface area contributed by atoms with E-state index in [1.54, 1.807) is 0 Å².